The molecule has 0 fully saturated rings. The van der Waals surface area contributed by atoms with E-state index in [1.807, 2.05) is 31.2 Å². The van der Waals surface area contributed by atoms with Gasteiger partial charge >= 0.3 is 0 Å². The molecule has 0 bridgehead atoms. The molecule has 1 N–H and O–H groups in total. The summed E-state index contributed by atoms with van der Waals surface area (Å²) >= 11 is 12.5. The van der Waals surface area contributed by atoms with Gasteiger partial charge in [-0.2, -0.15) is 0 Å². The second kappa shape index (κ2) is 12.3. The maximum absolute atomic E-state index is 12.6. The molecule has 0 atom stereocenters. The molecule has 0 aliphatic heterocycles. The molecule has 0 unspecified atom stereocenters. The molecule has 0 saturated carbocycles. The van der Waals surface area contributed by atoms with Crippen LogP contribution in [0.4, 0.5) is 5.69 Å². The number of benzene rings is 3. The minimum atomic E-state index is -3.63. The third kappa shape index (κ3) is 7.37. The van der Waals surface area contributed by atoms with E-state index in [0.717, 1.165) is 30.4 Å². The summed E-state index contributed by atoms with van der Waals surface area (Å²) in [4.78, 5) is 12.6. The molecule has 3 aromatic carbocycles. The first-order valence-corrected chi connectivity index (χ1v) is 13.8. The van der Waals surface area contributed by atoms with Crippen molar-refractivity contribution in [2.45, 2.75) is 26.3 Å². The first kappa shape index (κ1) is 26.9. The molecule has 186 valence electrons. The Morgan fingerprint density at radius 2 is 1.63 bits per heavy atom. The van der Waals surface area contributed by atoms with E-state index in [4.69, 9.17) is 27.9 Å². The van der Waals surface area contributed by atoms with Gasteiger partial charge in [-0.15, -0.1) is 0 Å². The van der Waals surface area contributed by atoms with Crippen LogP contribution in [-0.2, 0) is 23.0 Å². The van der Waals surface area contributed by atoms with Gasteiger partial charge in [0, 0.05) is 27.7 Å². The lowest BCUT2D eigenvalue weighted by Gasteiger charge is -2.23. The number of anilines is 1. The number of hydrogen-bond donors (Lipinski definition) is 1. The molecule has 0 aromatic heterocycles. The van der Waals surface area contributed by atoms with Crippen LogP contribution in [0.25, 0.3) is 0 Å². The monoisotopic (exact) mass is 534 g/mol. The molecular weight excluding hydrogens is 507 g/mol. The van der Waals surface area contributed by atoms with E-state index in [9.17, 15) is 13.2 Å². The summed E-state index contributed by atoms with van der Waals surface area (Å²) in [6.45, 7) is 3.03. The SMILES string of the molecule is CCOc1ccccc1CCCNC(=O)c1ccc(N(Cc2c(Cl)cccc2Cl)S(C)(=O)=O)cc1. The normalized spacial score (nSPS) is 11.2. The zero-order valence-electron chi connectivity index (χ0n) is 19.6. The lowest BCUT2D eigenvalue weighted by atomic mass is 10.1. The van der Waals surface area contributed by atoms with Crippen LogP contribution in [-0.4, -0.2) is 33.7 Å². The van der Waals surface area contributed by atoms with Crippen LogP contribution in [0.2, 0.25) is 10.0 Å². The predicted molar refractivity (Wildman–Crippen MR) is 142 cm³/mol. The summed E-state index contributed by atoms with van der Waals surface area (Å²) in [7, 11) is -3.63. The highest BCUT2D eigenvalue weighted by molar-refractivity contribution is 7.92. The average Bonchev–Trinajstić information content (AvgIpc) is 2.82. The summed E-state index contributed by atoms with van der Waals surface area (Å²) in [5.41, 5.74) is 2.46. The van der Waals surface area contributed by atoms with Crippen molar-refractivity contribution in [3.05, 3.63) is 93.5 Å². The van der Waals surface area contributed by atoms with Crippen molar-refractivity contribution in [2.24, 2.45) is 0 Å². The lowest BCUT2D eigenvalue weighted by molar-refractivity contribution is 0.0953. The Bertz CT molecular complexity index is 1240. The third-order valence-electron chi connectivity index (χ3n) is 5.36. The molecule has 0 heterocycles. The van der Waals surface area contributed by atoms with Crippen molar-refractivity contribution in [2.75, 3.05) is 23.7 Å². The Labute approximate surface area is 216 Å². The maximum atomic E-state index is 12.6. The van der Waals surface area contributed by atoms with Gasteiger partial charge in [-0.3, -0.25) is 9.10 Å². The van der Waals surface area contributed by atoms with E-state index in [1.165, 1.54) is 4.31 Å². The van der Waals surface area contributed by atoms with Gasteiger partial charge in [-0.1, -0.05) is 47.5 Å². The van der Waals surface area contributed by atoms with Gasteiger partial charge in [-0.05, 0) is 67.8 Å². The number of ether oxygens (including phenoxy) is 1. The molecule has 0 saturated heterocycles. The topological polar surface area (TPSA) is 75.7 Å². The Morgan fingerprint density at radius 1 is 0.971 bits per heavy atom. The van der Waals surface area contributed by atoms with Gasteiger partial charge in [0.05, 0.1) is 25.1 Å². The number of para-hydroxylation sites is 1. The fourth-order valence-electron chi connectivity index (χ4n) is 3.60. The van der Waals surface area contributed by atoms with Crippen molar-refractivity contribution >= 4 is 44.8 Å². The second-order valence-corrected chi connectivity index (χ2v) is 10.6. The fourth-order valence-corrected chi connectivity index (χ4v) is 4.98. The molecule has 1 amide bonds. The van der Waals surface area contributed by atoms with Gasteiger partial charge in [-0.25, -0.2) is 8.42 Å². The van der Waals surface area contributed by atoms with Crippen LogP contribution in [0.1, 0.15) is 34.8 Å². The molecule has 0 radical (unpaired) electrons. The Hall–Kier alpha value is -2.74. The first-order chi connectivity index (χ1) is 16.7. The number of nitrogens with one attached hydrogen (secondary N) is 1. The predicted octanol–water partition coefficient (Wildman–Crippen LogP) is 5.72. The number of aryl methyl sites for hydroxylation is 1. The largest absolute Gasteiger partial charge is 0.494 e. The van der Waals surface area contributed by atoms with E-state index in [1.54, 1.807) is 42.5 Å². The second-order valence-electron chi connectivity index (χ2n) is 7.92. The molecule has 0 aliphatic rings. The van der Waals surface area contributed by atoms with Crippen molar-refractivity contribution in [3.8, 4) is 5.75 Å². The highest BCUT2D eigenvalue weighted by Gasteiger charge is 2.21. The van der Waals surface area contributed by atoms with Gasteiger partial charge in [0.25, 0.3) is 5.91 Å². The minimum Gasteiger partial charge on any atom is -0.494 e. The van der Waals surface area contributed by atoms with Crippen molar-refractivity contribution in [3.63, 3.8) is 0 Å². The van der Waals surface area contributed by atoms with Crippen LogP contribution >= 0.6 is 23.2 Å². The highest BCUT2D eigenvalue weighted by Crippen LogP contribution is 2.29. The van der Waals surface area contributed by atoms with E-state index >= 15 is 0 Å². The Balaban J connectivity index is 1.63. The van der Waals surface area contributed by atoms with Crippen molar-refractivity contribution in [1.82, 2.24) is 5.32 Å². The molecule has 3 rings (SSSR count). The zero-order valence-corrected chi connectivity index (χ0v) is 22.0. The average molecular weight is 535 g/mol. The van der Waals surface area contributed by atoms with E-state index < -0.39 is 10.0 Å². The van der Waals surface area contributed by atoms with Gasteiger partial charge in [0.15, 0.2) is 0 Å². The third-order valence-corrected chi connectivity index (χ3v) is 7.21. The standard InChI is InChI=1S/C26H28Cl2N2O4S/c1-3-34-25-12-5-4-8-19(25)9-7-17-29-26(31)20-13-15-21(16-14-20)30(35(2,32)33)18-22-23(27)10-6-11-24(22)28/h4-6,8,10-16H,3,7,9,17-18H2,1-2H3,(H,29,31). The number of amides is 1. The Kier molecular flexibility index (Phi) is 9.43. The molecule has 6 nitrogen and oxygen atoms in total. The van der Waals surface area contributed by atoms with Gasteiger partial charge < -0.3 is 10.1 Å². The van der Waals surface area contributed by atoms with Crippen LogP contribution in [0.5, 0.6) is 5.75 Å². The number of nitrogens with zero attached hydrogens (tertiary/aromatic N) is 1. The van der Waals surface area contributed by atoms with Gasteiger partial charge in [0.1, 0.15) is 5.75 Å². The molecule has 35 heavy (non-hydrogen) atoms. The quantitative estimate of drug-likeness (QED) is 0.319. The number of hydrogen-bond acceptors (Lipinski definition) is 4. The number of carbonyl (C=O) groups excluding carboxylic acids is 1. The number of sulfonamides is 1. The van der Waals surface area contributed by atoms with Crippen LogP contribution in [0.3, 0.4) is 0 Å². The number of carbonyl (C=O) groups is 1. The summed E-state index contributed by atoms with van der Waals surface area (Å²) in [6.07, 6.45) is 2.65. The van der Waals surface area contributed by atoms with E-state index in [0.29, 0.717) is 40.0 Å². The molecule has 3 aromatic rings. The van der Waals surface area contributed by atoms with E-state index in [2.05, 4.69) is 5.32 Å². The maximum Gasteiger partial charge on any atom is 0.251 e. The molecule has 9 heteroatoms. The fraction of sp³-hybridized carbons (Fsp3) is 0.269. The summed E-state index contributed by atoms with van der Waals surface area (Å²) in [5.74, 6) is 0.639. The van der Waals surface area contributed by atoms with Crippen LogP contribution < -0.4 is 14.4 Å². The molecular formula is C26H28Cl2N2O4S. The summed E-state index contributed by atoms with van der Waals surface area (Å²) in [5, 5.41) is 3.67. The minimum absolute atomic E-state index is 0.0217. The smallest absolute Gasteiger partial charge is 0.251 e. The number of rotatable bonds is 11. The Morgan fingerprint density at radius 3 is 2.26 bits per heavy atom. The summed E-state index contributed by atoms with van der Waals surface area (Å²) < 4.78 is 31.8. The van der Waals surface area contributed by atoms with Crippen LogP contribution in [0, 0.1) is 0 Å². The van der Waals surface area contributed by atoms with Crippen LogP contribution in [0.15, 0.2) is 66.7 Å². The van der Waals surface area contributed by atoms with Crippen molar-refractivity contribution < 1.29 is 17.9 Å². The summed E-state index contributed by atoms with van der Waals surface area (Å²) in [6, 6.07) is 19.3. The van der Waals surface area contributed by atoms with Crippen molar-refractivity contribution in [1.29, 1.82) is 0 Å². The van der Waals surface area contributed by atoms with Gasteiger partial charge in [0.2, 0.25) is 10.0 Å². The molecule has 0 aliphatic carbocycles. The first-order valence-electron chi connectivity index (χ1n) is 11.2. The molecule has 0 spiro atoms. The zero-order chi connectivity index (χ0) is 25.4. The highest BCUT2D eigenvalue weighted by atomic mass is 35.5. The lowest BCUT2D eigenvalue weighted by Crippen LogP contribution is -2.30. The van der Waals surface area contributed by atoms with E-state index in [-0.39, 0.29) is 12.5 Å². The number of halogens is 2.